The number of thioether (sulfide) groups is 1. The number of nitrogens with zero attached hydrogens (tertiary/aromatic N) is 1. The Labute approximate surface area is 81.5 Å². The Morgan fingerprint density at radius 2 is 2.15 bits per heavy atom. The fourth-order valence-corrected chi connectivity index (χ4v) is 1.71. The monoisotopic (exact) mass is 187 g/mol. The zero-order valence-corrected chi connectivity index (χ0v) is 7.92. The molecule has 2 heteroatoms. The first kappa shape index (κ1) is 8.32. The normalized spacial score (nSPS) is 10.2. The number of pyridine rings is 1. The fraction of sp³-hybridized carbons (Fsp3) is 0. The van der Waals surface area contributed by atoms with Crippen molar-refractivity contribution in [1.82, 2.24) is 4.98 Å². The summed E-state index contributed by atoms with van der Waals surface area (Å²) in [4.78, 5) is 5.46. The Bertz CT molecular complexity index is 437. The Balaban J connectivity index is 2.55. The second-order valence-corrected chi connectivity index (χ2v) is 3.69. The molecule has 0 saturated heterocycles. The second kappa shape index (κ2) is 3.62. The summed E-state index contributed by atoms with van der Waals surface area (Å²) in [5.41, 5.74) is 1.04. The third-order valence-electron chi connectivity index (χ3n) is 1.78. The lowest BCUT2D eigenvalue weighted by Crippen LogP contribution is -1.78. The summed E-state index contributed by atoms with van der Waals surface area (Å²) in [6, 6.07) is 10.2. The van der Waals surface area contributed by atoms with E-state index in [0.717, 1.165) is 10.4 Å². The molecule has 2 rings (SSSR count). The molecule has 0 aliphatic heterocycles. The lowest BCUT2D eigenvalue weighted by Gasteiger charge is -1.98. The van der Waals surface area contributed by atoms with Gasteiger partial charge in [0, 0.05) is 16.5 Å². The molecule has 0 saturated carbocycles. The van der Waals surface area contributed by atoms with E-state index in [1.54, 1.807) is 11.8 Å². The number of hydrogen-bond donors (Lipinski definition) is 0. The topological polar surface area (TPSA) is 12.9 Å². The Hall–Kier alpha value is -1.28. The van der Waals surface area contributed by atoms with Crippen LogP contribution in [0.3, 0.4) is 0 Å². The Morgan fingerprint density at radius 1 is 1.31 bits per heavy atom. The molecular weight excluding hydrogens is 178 g/mol. The molecule has 0 unspecified atom stereocenters. The van der Waals surface area contributed by atoms with Crippen LogP contribution in [0.25, 0.3) is 10.9 Å². The number of para-hydroxylation sites is 1. The first-order valence-corrected chi connectivity index (χ1v) is 4.90. The molecule has 1 aromatic heterocycles. The molecular formula is C11H9NS. The molecule has 0 amide bonds. The SMILES string of the molecule is C=CSc1cnc2ccccc2c1. The molecule has 1 nitrogen and oxygen atoms in total. The summed E-state index contributed by atoms with van der Waals surface area (Å²) in [5, 5.41) is 2.99. The van der Waals surface area contributed by atoms with Gasteiger partial charge in [0.25, 0.3) is 0 Å². The molecule has 1 aromatic carbocycles. The molecule has 0 spiro atoms. The van der Waals surface area contributed by atoms with E-state index in [4.69, 9.17) is 0 Å². The smallest absolute Gasteiger partial charge is 0.0702 e. The minimum atomic E-state index is 1.04. The molecule has 0 atom stereocenters. The van der Waals surface area contributed by atoms with Crippen molar-refractivity contribution < 1.29 is 0 Å². The molecule has 0 N–H and O–H groups in total. The van der Waals surface area contributed by atoms with E-state index in [1.807, 2.05) is 29.8 Å². The number of rotatable bonds is 2. The molecule has 1 heterocycles. The number of fused-ring (bicyclic) bond motifs is 1. The molecule has 2 aromatic rings. The Morgan fingerprint density at radius 3 is 3.00 bits per heavy atom. The fourth-order valence-electron chi connectivity index (χ4n) is 1.21. The van der Waals surface area contributed by atoms with Gasteiger partial charge in [-0.3, -0.25) is 4.98 Å². The van der Waals surface area contributed by atoms with Crippen LogP contribution >= 0.6 is 11.8 Å². The van der Waals surface area contributed by atoms with Crippen molar-refractivity contribution in [1.29, 1.82) is 0 Å². The molecule has 13 heavy (non-hydrogen) atoms. The van der Waals surface area contributed by atoms with Crippen molar-refractivity contribution in [2.45, 2.75) is 4.90 Å². The maximum absolute atomic E-state index is 4.33. The molecule has 0 radical (unpaired) electrons. The first-order valence-electron chi connectivity index (χ1n) is 4.02. The zero-order chi connectivity index (χ0) is 9.10. The lowest BCUT2D eigenvalue weighted by atomic mass is 10.2. The second-order valence-electron chi connectivity index (χ2n) is 2.65. The van der Waals surface area contributed by atoms with Crippen LogP contribution in [0.1, 0.15) is 0 Å². The van der Waals surface area contributed by atoms with Gasteiger partial charge in [-0.15, -0.1) is 0 Å². The predicted molar refractivity (Wildman–Crippen MR) is 57.8 cm³/mol. The van der Waals surface area contributed by atoms with Crippen molar-refractivity contribution >= 4 is 22.7 Å². The van der Waals surface area contributed by atoms with E-state index < -0.39 is 0 Å². The predicted octanol–water partition coefficient (Wildman–Crippen LogP) is 3.47. The third-order valence-corrected chi connectivity index (χ3v) is 2.45. The van der Waals surface area contributed by atoms with Crippen LogP contribution in [-0.4, -0.2) is 4.98 Å². The largest absolute Gasteiger partial charge is 0.255 e. The van der Waals surface area contributed by atoms with E-state index in [1.165, 1.54) is 5.39 Å². The van der Waals surface area contributed by atoms with Crippen LogP contribution in [0.2, 0.25) is 0 Å². The van der Waals surface area contributed by atoms with Gasteiger partial charge >= 0.3 is 0 Å². The molecule has 64 valence electrons. The zero-order valence-electron chi connectivity index (χ0n) is 7.10. The van der Waals surface area contributed by atoms with Gasteiger partial charge in [0.2, 0.25) is 0 Å². The van der Waals surface area contributed by atoms with Crippen LogP contribution in [-0.2, 0) is 0 Å². The van der Waals surface area contributed by atoms with Crippen LogP contribution in [0.15, 0.2) is 53.4 Å². The standard InChI is InChI=1S/C11H9NS/c1-2-13-10-7-9-5-3-4-6-11(9)12-8-10/h2-8H,1H2. The number of hydrogen-bond acceptors (Lipinski definition) is 2. The highest BCUT2D eigenvalue weighted by molar-refractivity contribution is 8.02. The van der Waals surface area contributed by atoms with Crippen molar-refractivity contribution in [3.05, 3.63) is 48.5 Å². The van der Waals surface area contributed by atoms with E-state index in [0.29, 0.717) is 0 Å². The number of benzene rings is 1. The maximum atomic E-state index is 4.33. The molecule has 0 aliphatic rings. The average Bonchev–Trinajstić information content (AvgIpc) is 2.18. The molecule has 0 bridgehead atoms. The van der Waals surface area contributed by atoms with E-state index in [9.17, 15) is 0 Å². The Kier molecular flexibility index (Phi) is 2.32. The summed E-state index contributed by atoms with van der Waals surface area (Å²) in [6.07, 6.45) is 1.87. The van der Waals surface area contributed by atoms with Crippen LogP contribution in [0.5, 0.6) is 0 Å². The molecule has 0 fully saturated rings. The van der Waals surface area contributed by atoms with Gasteiger partial charge in [0.15, 0.2) is 0 Å². The van der Waals surface area contributed by atoms with Crippen LogP contribution in [0.4, 0.5) is 0 Å². The highest BCUT2D eigenvalue weighted by atomic mass is 32.2. The van der Waals surface area contributed by atoms with Gasteiger partial charge in [-0.25, -0.2) is 0 Å². The van der Waals surface area contributed by atoms with Crippen molar-refractivity contribution in [3.8, 4) is 0 Å². The van der Waals surface area contributed by atoms with Crippen molar-refractivity contribution in [2.75, 3.05) is 0 Å². The van der Waals surface area contributed by atoms with Crippen molar-refractivity contribution in [3.63, 3.8) is 0 Å². The lowest BCUT2D eigenvalue weighted by molar-refractivity contribution is 1.31. The summed E-state index contributed by atoms with van der Waals surface area (Å²) in [5.74, 6) is 0. The van der Waals surface area contributed by atoms with Crippen molar-refractivity contribution in [2.24, 2.45) is 0 Å². The minimum absolute atomic E-state index is 1.04. The summed E-state index contributed by atoms with van der Waals surface area (Å²) < 4.78 is 0. The van der Waals surface area contributed by atoms with Gasteiger partial charge in [0.1, 0.15) is 0 Å². The van der Waals surface area contributed by atoms with E-state index >= 15 is 0 Å². The van der Waals surface area contributed by atoms with Gasteiger partial charge in [-0.05, 0) is 17.5 Å². The molecule has 0 aliphatic carbocycles. The first-order chi connectivity index (χ1) is 6.40. The van der Waals surface area contributed by atoms with Gasteiger partial charge in [-0.2, -0.15) is 0 Å². The third kappa shape index (κ3) is 1.73. The number of aromatic nitrogens is 1. The quantitative estimate of drug-likeness (QED) is 0.668. The highest BCUT2D eigenvalue weighted by Crippen LogP contribution is 2.21. The van der Waals surface area contributed by atoms with E-state index in [-0.39, 0.29) is 0 Å². The van der Waals surface area contributed by atoms with E-state index in [2.05, 4.69) is 23.7 Å². The maximum Gasteiger partial charge on any atom is 0.0702 e. The van der Waals surface area contributed by atoms with Crippen LogP contribution < -0.4 is 0 Å². The highest BCUT2D eigenvalue weighted by Gasteiger charge is 1.95. The van der Waals surface area contributed by atoms with Gasteiger partial charge in [-0.1, -0.05) is 36.5 Å². The van der Waals surface area contributed by atoms with Gasteiger partial charge < -0.3 is 0 Å². The summed E-state index contributed by atoms with van der Waals surface area (Å²) in [6.45, 7) is 3.67. The minimum Gasteiger partial charge on any atom is -0.255 e. The van der Waals surface area contributed by atoms with Crippen LogP contribution in [0, 0.1) is 0 Å². The summed E-state index contributed by atoms with van der Waals surface area (Å²) in [7, 11) is 0. The average molecular weight is 187 g/mol. The van der Waals surface area contributed by atoms with Gasteiger partial charge in [0.05, 0.1) is 5.52 Å². The summed E-state index contributed by atoms with van der Waals surface area (Å²) >= 11 is 1.59.